The second-order valence-electron chi connectivity index (χ2n) is 11.6. The van der Waals surface area contributed by atoms with Crippen LogP contribution in [0.2, 0.25) is 0 Å². The summed E-state index contributed by atoms with van der Waals surface area (Å²) in [5.41, 5.74) is 8.40. The van der Waals surface area contributed by atoms with E-state index < -0.39 is 11.3 Å². The topological polar surface area (TPSA) is 91.1 Å². The van der Waals surface area contributed by atoms with Crippen molar-refractivity contribution in [2.45, 2.75) is 50.7 Å². The number of anilines is 1. The summed E-state index contributed by atoms with van der Waals surface area (Å²) in [5, 5.41) is 3.58. The third-order valence-electron chi connectivity index (χ3n) is 8.60. The Morgan fingerprint density at radius 2 is 1.80 bits per heavy atom. The van der Waals surface area contributed by atoms with Gasteiger partial charge in [0.2, 0.25) is 11.8 Å². The first-order chi connectivity index (χ1) is 18.6. The van der Waals surface area contributed by atoms with E-state index in [1.165, 1.54) is 12.1 Å². The summed E-state index contributed by atoms with van der Waals surface area (Å²) in [5.74, 6) is -0.750. The van der Waals surface area contributed by atoms with Crippen molar-refractivity contribution in [3.63, 3.8) is 0 Å². The standard InChI is InChI=1S/C30H40FN5O3.2ClH/c1-20-15-35(25(14-33-20)16-34-10-11-39-18-21(34)2)17-28(37)36-19-30(3,29(32)38)26-9-6-23(13-27(26)36)12-22-4-7-24(31)8-5-22;;/h4-9,13,20-21,25,33H,10-12,14-19H2,1-3H3,(H2,32,38);2*1H/t20-,21-,25-,30?;;/m1../s1. The molecule has 41 heavy (non-hydrogen) atoms. The van der Waals surface area contributed by atoms with Crippen LogP contribution in [0.1, 0.15) is 37.5 Å². The van der Waals surface area contributed by atoms with E-state index >= 15 is 0 Å². The molecule has 0 aliphatic carbocycles. The minimum atomic E-state index is -0.960. The minimum absolute atomic E-state index is 0. The first-order valence-electron chi connectivity index (χ1n) is 13.9. The van der Waals surface area contributed by atoms with Gasteiger partial charge < -0.3 is 20.7 Å². The molecule has 5 rings (SSSR count). The summed E-state index contributed by atoms with van der Waals surface area (Å²) < 4.78 is 19.0. The number of morpholine rings is 1. The Morgan fingerprint density at radius 1 is 1.10 bits per heavy atom. The number of nitrogens with two attached hydrogens (primary N) is 1. The summed E-state index contributed by atoms with van der Waals surface area (Å²) in [7, 11) is 0. The summed E-state index contributed by atoms with van der Waals surface area (Å²) in [6.07, 6.45) is 0.595. The van der Waals surface area contributed by atoms with Crippen LogP contribution in [-0.2, 0) is 26.2 Å². The van der Waals surface area contributed by atoms with Crippen molar-refractivity contribution >= 4 is 42.3 Å². The molecular formula is C30H42Cl2FN5O3. The van der Waals surface area contributed by atoms with Gasteiger partial charge in [0.25, 0.3) is 0 Å². The Bertz CT molecular complexity index is 1220. The van der Waals surface area contributed by atoms with Crippen LogP contribution in [0.3, 0.4) is 0 Å². The zero-order valence-corrected chi connectivity index (χ0v) is 25.6. The first kappa shape index (κ1) is 33.2. The smallest absolute Gasteiger partial charge is 0.241 e. The molecule has 3 aliphatic rings. The normalized spacial score (nSPS) is 26.5. The van der Waals surface area contributed by atoms with Gasteiger partial charge in [-0.15, -0.1) is 24.8 Å². The number of amides is 2. The van der Waals surface area contributed by atoms with E-state index in [-0.39, 0.29) is 61.7 Å². The Balaban J connectivity index is 0.00000231. The van der Waals surface area contributed by atoms with Crippen LogP contribution in [0.15, 0.2) is 42.5 Å². The lowest BCUT2D eigenvalue weighted by atomic mass is 9.83. The van der Waals surface area contributed by atoms with Crippen LogP contribution >= 0.6 is 24.8 Å². The molecule has 3 aliphatic heterocycles. The number of carbonyl (C=O) groups excluding carboxylic acids is 2. The van der Waals surface area contributed by atoms with Crippen molar-refractivity contribution < 1.29 is 18.7 Å². The Morgan fingerprint density at radius 3 is 2.49 bits per heavy atom. The van der Waals surface area contributed by atoms with Crippen molar-refractivity contribution in [3.05, 3.63) is 65.0 Å². The first-order valence-corrected chi connectivity index (χ1v) is 13.9. The highest BCUT2D eigenvalue weighted by Gasteiger charge is 2.46. The number of rotatable bonds is 7. The number of ether oxygens (including phenoxy) is 1. The van der Waals surface area contributed by atoms with Crippen molar-refractivity contribution in [1.82, 2.24) is 15.1 Å². The number of fused-ring (bicyclic) bond motifs is 1. The van der Waals surface area contributed by atoms with Gasteiger partial charge in [-0.1, -0.05) is 24.3 Å². The molecule has 11 heteroatoms. The van der Waals surface area contributed by atoms with Gasteiger partial charge >= 0.3 is 0 Å². The molecule has 8 nitrogen and oxygen atoms in total. The predicted octanol–water partition coefficient (Wildman–Crippen LogP) is 2.73. The van der Waals surface area contributed by atoms with E-state index in [4.69, 9.17) is 10.5 Å². The van der Waals surface area contributed by atoms with Crippen LogP contribution in [0.5, 0.6) is 0 Å². The molecule has 2 aromatic carbocycles. The van der Waals surface area contributed by atoms with Gasteiger partial charge in [0, 0.05) is 56.5 Å². The van der Waals surface area contributed by atoms with Gasteiger partial charge in [0.1, 0.15) is 5.82 Å². The molecule has 2 saturated heterocycles. The quantitative estimate of drug-likeness (QED) is 0.502. The summed E-state index contributed by atoms with van der Waals surface area (Å²) in [6.45, 7) is 11.4. The van der Waals surface area contributed by atoms with Crippen LogP contribution in [0.4, 0.5) is 10.1 Å². The number of hydrogen-bond donors (Lipinski definition) is 2. The third-order valence-corrected chi connectivity index (χ3v) is 8.60. The van der Waals surface area contributed by atoms with E-state index in [1.807, 2.05) is 25.1 Å². The van der Waals surface area contributed by atoms with Gasteiger partial charge in [0.05, 0.1) is 25.2 Å². The fraction of sp³-hybridized carbons (Fsp3) is 0.533. The average molecular weight is 611 g/mol. The SMILES string of the molecule is C[C@@H]1CN(CC(=O)N2CC(C)(C(N)=O)c3ccc(Cc4ccc(F)cc4)cc32)[C@@H](CN2CCOC[C@H]2C)CN1.Cl.Cl. The molecule has 1 unspecified atom stereocenters. The molecule has 226 valence electrons. The van der Waals surface area contributed by atoms with Gasteiger partial charge in [-0.05, 0) is 62.1 Å². The van der Waals surface area contributed by atoms with Crippen molar-refractivity contribution in [2.75, 3.05) is 57.4 Å². The predicted molar refractivity (Wildman–Crippen MR) is 164 cm³/mol. The highest BCUT2D eigenvalue weighted by atomic mass is 35.5. The van der Waals surface area contributed by atoms with E-state index in [2.05, 4.69) is 29.0 Å². The summed E-state index contributed by atoms with van der Waals surface area (Å²) in [4.78, 5) is 33.0. The molecule has 0 radical (unpaired) electrons. The number of primary amides is 1. The minimum Gasteiger partial charge on any atom is -0.379 e. The molecular weight excluding hydrogens is 568 g/mol. The maximum Gasteiger partial charge on any atom is 0.241 e. The number of benzene rings is 2. The summed E-state index contributed by atoms with van der Waals surface area (Å²) in [6, 6.07) is 13.1. The molecule has 3 heterocycles. The molecule has 0 spiro atoms. The van der Waals surface area contributed by atoms with Crippen LogP contribution in [0.25, 0.3) is 0 Å². The molecule has 0 aromatic heterocycles. The number of piperazine rings is 1. The molecule has 0 bridgehead atoms. The number of nitrogens with zero attached hydrogens (tertiary/aromatic N) is 3. The second-order valence-corrected chi connectivity index (χ2v) is 11.6. The largest absolute Gasteiger partial charge is 0.379 e. The van der Waals surface area contributed by atoms with Crippen molar-refractivity contribution in [2.24, 2.45) is 5.73 Å². The van der Waals surface area contributed by atoms with Gasteiger partial charge in [-0.3, -0.25) is 19.4 Å². The average Bonchev–Trinajstić information content (AvgIpc) is 3.21. The molecule has 3 N–H and O–H groups in total. The summed E-state index contributed by atoms with van der Waals surface area (Å²) >= 11 is 0. The molecule has 4 atom stereocenters. The van der Waals surface area contributed by atoms with Crippen LogP contribution in [0, 0.1) is 5.82 Å². The highest BCUT2D eigenvalue weighted by molar-refractivity contribution is 6.02. The Kier molecular flexibility index (Phi) is 11.2. The van der Waals surface area contributed by atoms with E-state index in [0.29, 0.717) is 12.5 Å². The Hall–Kier alpha value is -2.27. The van der Waals surface area contributed by atoms with E-state index in [1.54, 1.807) is 17.0 Å². The molecule has 2 amide bonds. The Labute approximate surface area is 254 Å². The zero-order chi connectivity index (χ0) is 27.7. The molecule has 2 fully saturated rings. The highest BCUT2D eigenvalue weighted by Crippen LogP contribution is 2.41. The van der Waals surface area contributed by atoms with E-state index in [0.717, 1.165) is 61.8 Å². The maximum atomic E-state index is 13.9. The monoisotopic (exact) mass is 609 g/mol. The second kappa shape index (κ2) is 13.8. The fourth-order valence-electron chi connectivity index (χ4n) is 6.10. The third kappa shape index (κ3) is 7.21. The van der Waals surface area contributed by atoms with Gasteiger partial charge in [0.15, 0.2) is 0 Å². The lowest BCUT2D eigenvalue weighted by Crippen LogP contribution is -2.62. The lowest BCUT2D eigenvalue weighted by molar-refractivity contribution is -0.123. The lowest BCUT2D eigenvalue weighted by Gasteiger charge is -2.43. The van der Waals surface area contributed by atoms with Gasteiger partial charge in [-0.2, -0.15) is 0 Å². The number of nitrogens with one attached hydrogen (secondary N) is 1. The van der Waals surface area contributed by atoms with Crippen molar-refractivity contribution in [3.8, 4) is 0 Å². The number of halogens is 3. The van der Waals surface area contributed by atoms with Crippen LogP contribution in [-0.4, -0.2) is 92.2 Å². The maximum absolute atomic E-state index is 13.9. The number of hydrogen-bond acceptors (Lipinski definition) is 6. The van der Waals surface area contributed by atoms with Crippen LogP contribution < -0.4 is 16.0 Å². The van der Waals surface area contributed by atoms with E-state index in [9.17, 15) is 14.0 Å². The zero-order valence-electron chi connectivity index (χ0n) is 24.0. The van der Waals surface area contributed by atoms with Gasteiger partial charge in [-0.25, -0.2) is 4.39 Å². The number of carbonyl (C=O) groups is 2. The fourth-order valence-corrected chi connectivity index (χ4v) is 6.10. The van der Waals surface area contributed by atoms with Crippen molar-refractivity contribution in [1.29, 1.82) is 0 Å². The molecule has 0 saturated carbocycles. The molecule has 2 aromatic rings.